The van der Waals surface area contributed by atoms with Crippen LogP contribution in [0.25, 0.3) is 0 Å². The number of likely N-dealkylation sites (tertiary alicyclic amines) is 4. The first-order chi connectivity index (χ1) is 31.1. The second kappa shape index (κ2) is 19.5. The summed E-state index contributed by atoms with van der Waals surface area (Å²) in [5, 5.41) is 13.0. The van der Waals surface area contributed by atoms with Gasteiger partial charge in [0.25, 0.3) is 5.91 Å². The number of hydrogen-bond acceptors (Lipinski definition) is 12. The van der Waals surface area contributed by atoms with Gasteiger partial charge in [0.2, 0.25) is 11.8 Å². The molecular formula is C48H76FN9O6. The second-order valence-electron chi connectivity index (χ2n) is 21.5. The molecule has 9 fully saturated rings. The number of hydrogen-bond donors (Lipinski definition) is 4. The van der Waals surface area contributed by atoms with Crippen LogP contribution in [0.5, 0.6) is 0 Å². The van der Waals surface area contributed by atoms with Crippen LogP contribution in [0.2, 0.25) is 0 Å². The van der Waals surface area contributed by atoms with E-state index in [9.17, 15) is 19.2 Å². The zero-order valence-corrected chi connectivity index (χ0v) is 38.5. The Labute approximate surface area is 379 Å². The third-order valence-corrected chi connectivity index (χ3v) is 17.7. The second-order valence-corrected chi connectivity index (χ2v) is 21.5. The molecule has 15 nitrogen and oxygen atoms in total. The summed E-state index contributed by atoms with van der Waals surface area (Å²) in [6.07, 6.45) is 14.7. The average Bonchev–Trinajstić information content (AvgIpc) is 4.14. The largest absolute Gasteiger partial charge is 0.374 e. The lowest BCUT2D eigenvalue weighted by atomic mass is 9.67. The van der Waals surface area contributed by atoms with E-state index in [1.54, 1.807) is 4.90 Å². The molecule has 3 saturated carbocycles. The Morgan fingerprint density at radius 3 is 2.06 bits per heavy atom. The van der Waals surface area contributed by atoms with Crippen molar-refractivity contribution in [3.05, 3.63) is 11.8 Å². The van der Waals surface area contributed by atoms with Gasteiger partial charge >= 0.3 is 0 Å². The molecule has 356 valence electrons. The van der Waals surface area contributed by atoms with Crippen molar-refractivity contribution in [3.63, 3.8) is 0 Å². The molecule has 64 heavy (non-hydrogen) atoms. The highest BCUT2D eigenvalue weighted by atomic mass is 19.1. The molecule has 3 aliphatic carbocycles. The third kappa shape index (κ3) is 9.15. The first-order valence-corrected chi connectivity index (χ1v) is 25.5. The van der Waals surface area contributed by atoms with Gasteiger partial charge in [0.15, 0.2) is 5.78 Å². The molecule has 15 atom stereocenters. The number of rotatable bonds is 14. The molecule has 10 rings (SSSR count). The summed E-state index contributed by atoms with van der Waals surface area (Å²) in [5.74, 6) is -0.553. The molecule has 7 aliphatic heterocycles. The number of nitrogens with one attached hydrogen (secondary N) is 4. The lowest BCUT2D eigenvalue weighted by Crippen LogP contribution is -2.73. The highest BCUT2D eigenvalue weighted by Crippen LogP contribution is 2.53. The monoisotopic (exact) mass is 894 g/mol. The summed E-state index contributed by atoms with van der Waals surface area (Å²) < 4.78 is 31.1. The smallest absolute Gasteiger partial charge is 0.259 e. The zero-order chi connectivity index (χ0) is 44.1. The molecule has 0 radical (unpaired) electrons. The fourth-order valence-electron chi connectivity index (χ4n) is 14.4. The van der Waals surface area contributed by atoms with Crippen molar-refractivity contribution in [1.82, 2.24) is 45.8 Å². The molecule has 0 spiro atoms. The predicted molar refractivity (Wildman–Crippen MR) is 239 cm³/mol. The maximum absolute atomic E-state index is 17.1. The standard InChI is InChI=1S/C48H76FN9O6/c1-54-17-5-7-31(54)11-15-50-24-42(59)52-29-13-19-56(26-29)45-37(49)21-35-44-47(45)64-41-22-34-33-9-3-4-10-39(33)63-40(34)23-38(41)58(44)28-36(46(35)61)48(62)57-20-14-30(27-57)53-43(60)25-51-16-12-32-8-6-18-55(32)2/h28-35,37-41,44-45,47,50-51H,3-27H2,1-2H3,(H,52,59)(H,53,60)/t29-,30-,31?,32?,33?,34?,35?,37?,38?,39?,40?,41?,44?,45?,47?/m1/s1. The number of Topliss-reactive ketones (excluding diaryl/α,β-unsaturated/α-hetero) is 1. The number of carbonyl (C=O) groups excluding carboxylic acids is 4. The van der Waals surface area contributed by atoms with Crippen molar-refractivity contribution < 1.29 is 33.0 Å². The minimum absolute atomic E-state index is 0.0234. The maximum atomic E-state index is 17.1. The molecule has 4 N–H and O–H groups in total. The molecule has 6 saturated heterocycles. The van der Waals surface area contributed by atoms with Crippen LogP contribution in [0, 0.1) is 17.8 Å². The quantitative estimate of drug-likeness (QED) is 0.148. The third-order valence-electron chi connectivity index (χ3n) is 17.7. The van der Waals surface area contributed by atoms with Crippen molar-refractivity contribution in [3.8, 4) is 0 Å². The van der Waals surface area contributed by atoms with Crippen molar-refractivity contribution in [2.24, 2.45) is 17.8 Å². The van der Waals surface area contributed by atoms with Gasteiger partial charge in [-0.3, -0.25) is 24.1 Å². The van der Waals surface area contributed by atoms with Gasteiger partial charge in [-0.25, -0.2) is 4.39 Å². The zero-order valence-electron chi connectivity index (χ0n) is 38.5. The normalized spacial score (nSPS) is 41.1. The average molecular weight is 894 g/mol. The summed E-state index contributed by atoms with van der Waals surface area (Å²) in [7, 11) is 4.33. The summed E-state index contributed by atoms with van der Waals surface area (Å²) in [5.41, 5.74) is 0.132. The highest BCUT2D eigenvalue weighted by Gasteiger charge is 2.63. The van der Waals surface area contributed by atoms with E-state index in [2.05, 4.69) is 55.0 Å². The number of nitrogens with zero attached hydrogens (tertiary/aromatic N) is 5. The van der Waals surface area contributed by atoms with E-state index in [0.29, 0.717) is 56.5 Å². The van der Waals surface area contributed by atoms with Crippen molar-refractivity contribution in [2.45, 2.75) is 169 Å². The minimum atomic E-state index is -1.33. The fraction of sp³-hybridized carbons (Fsp3) is 0.875. The summed E-state index contributed by atoms with van der Waals surface area (Å²) >= 11 is 0. The van der Waals surface area contributed by atoms with E-state index in [4.69, 9.17) is 9.47 Å². The molecule has 0 aromatic rings. The molecule has 16 heteroatoms. The number of ether oxygens (including phenoxy) is 2. The van der Waals surface area contributed by atoms with Gasteiger partial charge in [0, 0.05) is 62.5 Å². The van der Waals surface area contributed by atoms with Crippen LogP contribution in [0.3, 0.4) is 0 Å². The fourth-order valence-corrected chi connectivity index (χ4v) is 14.4. The number of carbonyl (C=O) groups is 4. The number of amides is 3. The van der Waals surface area contributed by atoms with Gasteiger partial charge in [0.05, 0.1) is 61.2 Å². The first kappa shape index (κ1) is 45.1. The van der Waals surface area contributed by atoms with Crippen LogP contribution < -0.4 is 21.3 Å². The van der Waals surface area contributed by atoms with Gasteiger partial charge in [-0.15, -0.1) is 0 Å². The summed E-state index contributed by atoms with van der Waals surface area (Å²) in [4.78, 5) is 66.1. The van der Waals surface area contributed by atoms with Crippen molar-refractivity contribution in [1.29, 1.82) is 0 Å². The van der Waals surface area contributed by atoms with Crippen LogP contribution in [0.1, 0.15) is 96.3 Å². The summed E-state index contributed by atoms with van der Waals surface area (Å²) in [6, 6.07) is -0.183. The molecule has 7 heterocycles. The molecule has 13 unspecified atom stereocenters. The Morgan fingerprint density at radius 2 is 1.38 bits per heavy atom. The molecule has 10 aliphatic rings. The van der Waals surface area contributed by atoms with Crippen LogP contribution in [0.4, 0.5) is 4.39 Å². The SMILES string of the molecule is CN1CCCC1CCNCC(=O)N[C@@H]1CCN(C(=O)C2=CN3C4CC5OC6CCCCC6C5CC4OC4C(N5CC[C@@H](NC(=O)CNCCC6CCCN6C)C5)C(F)CC(C2=O)C43)C1. The number of alkyl halides is 1. The van der Waals surface area contributed by atoms with Gasteiger partial charge in [-0.05, 0) is 136 Å². The lowest BCUT2D eigenvalue weighted by Gasteiger charge is -2.61. The first-order valence-electron chi connectivity index (χ1n) is 25.5. The Bertz CT molecular complexity index is 1760. The lowest BCUT2D eigenvalue weighted by molar-refractivity contribution is -0.220. The van der Waals surface area contributed by atoms with E-state index >= 15 is 4.39 Å². The summed E-state index contributed by atoms with van der Waals surface area (Å²) in [6.45, 7) is 6.30. The topological polar surface area (TPSA) is 151 Å². The van der Waals surface area contributed by atoms with E-state index in [0.717, 1.165) is 64.7 Å². The number of morpholine rings is 1. The Balaban J connectivity index is 0.806. The van der Waals surface area contributed by atoms with Crippen molar-refractivity contribution in [2.75, 3.05) is 79.5 Å². The Morgan fingerprint density at radius 1 is 0.703 bits per heavy atom. The van der Waals surface area contributed by atoms with E-state index < -0.39 is 30.3 Å². The number of ketones is 1. The predicted octanol–water partition coefficient (Wildman–Crippen LogP) is 1.41. The van der Waals surface area contributed by atoms with E-state index in [1.807, 2.05) is 6.20 Å². The highest BCUT2D eigenvalue weighted by molar-refractivity contribution is 6.20. The van der Waals surface area contributed by atoms with Gasteiger partial charge in [-0.2, -0.15) is 0 Å². The number of fused-ring (bicyclic) bond motifs is 5. The Hall–Kier alpha value is -2.73. The minimum Gasteiger partial charge on any atom is -0.374 e. The van der Waals surface area contributed by atoms with Gasteiger partial charge < -0.3 is 50.3 Å². The molecule has 3 amide bonds. The molecular weight excluding hydrogens is 818 g/mol. The van der Waals surface area contributed by atoms with Crippen LogP contribution >= 0.6 is 0 Å². The van der Waals surface area contributed by atoms with Crippen LogP contribution in [-0.2, 0) is 28.7 Å². The van der Waals surface area contributed by atoms with Gasteiger partial charge in [-0.1, -0.05) is 12.8 Å². The van der Waals surface area contributed by atoms with Crippen LogP contribution in [-0.4, -0.2) is 200 Å². The van der Waals surface area contributed by atoms with E-state index in [-0.39, 0.29) is 85.0 Å². The Kier molecular flexibility index (Phi) is 13.7. The molecule has 0 aromatic heterocycles. The number of halogens is 1. The maximum Gasteiger partial charge on any atom is 0.259 e. The molecule has 0 bridgehead atoms. The van der Waals surface area contributed by atoms with Crippen molar-refractivity contribution >= 4 is 23.5 Å². The molecule has 0 aromatic carbocycles. The van der Waals surface area contributed by atoms with E-state index in [1.165, 1.54) is 44.9 Å². The van der Waals surface area contributed by atoms with Gasteiger partial charge in [0.1, 0.15) is 6.17 Å². The van der Waals surface area contributed by atoms with Crippen LogP contribution in [0.15, 0.2) is 11.8 Å².